The normalized spacial score (nSPS) is 10.0. The Morgan fingerprint density at radius 2 is 2.29 bits per heavy atom. The van der Waals surface area contributed by atoms with E-state index in [2.05, 4.69) is 6.58 Å². The Morgan fingerprint density at radius 1 is 1.59 bits per heavy atom. The highest BCUT2D eigenvalue weighted by atomic mass is 19.1. The van der Waals surface area contributed by atoms with Crippen molar-refractivity contribution in [1.82, 2.24) is 0 Å². The van der Waals surface area contributed by atoms with E-state index in [0.717, 1.165) is 12.5 Å². The summed E-state index contributed by atoms with van der Waals surface area (Å²) in [5, 5.41) is 9.04. The second-order valence-corrected chi connectivity index (χ2v) is 3.67. The maximum atomic E-state index is 13.5. The summed E-state index contributed by atoms with van der Waals surface area (Å²) in [6.07, 6.45) is 2.52. The minimum Gasteiger partial charge on any atom is -0.478 e. The first-order chi connectivity index (χ1) is 8.11. The number of carbonyl (C=O) groups is 1. The maximum Gasteiger partial charge on any atom is 0.340 e. The van der Waals surface area contributed by atoms with Gasteiger partial charge in [0.2, 0.25) is 0 Å². The van der Waals surface area contributed by atoms with Gasteiger partial charge in [0.1, 0.15) is 11.4 Å². The first kappa shape index (κ1) is 13.2. The van der Waals surface area contributed by atoms with Crippen molar-refractivity contribution in [3.05, 3.63) is 42.2 Å². The molecule has 0 spiro atoms. The molecule has 0 fully saturated rings. The fraction of sp³-hybridized carbons (Fsp3) is 0.308. The van der Waals surface area contributed by atoms with Gasteiger partial charge in [0, 0.05) is 13.1 Å². The maximum absolute atomic E-state index is 13.5. The molecule has 1 rings (SSSR count). The molecule has 0 bridgehead atoms. The molecule has 0 radical (unpaired) electrons. The number of hydrogen-bond donors (Lipinski definition) is 1. The van der Waals surface area contributed by atoms with Crippen LogP contribution in [0.3, 0.4) is 0 Å². The first-order valence-electron chi connectivity index (χ1n) is 5.49. The predicted molar refractivity (Wildman–Crippen MR) is 66.1 cm³/mol. The van der Waals surface area contributed by atoms with Crippen LogP contribution >= 0.6 is 0 Å². The molecule has 0 saturated heterocycles. The van der Waals surface area contributed by atoms with Gasteiger partial charge < -0.3 is 10.0 Å². The van der Waals surface area contributed by atoms with Gasteiger partial charge in [0.15, 0.2) is 0 Å². The summed E-state index contributed by atoms with van der Waals surface area (Å²) in [5.41, 5.74) is 0.127. The van der Waals surface area contributed by atoms with E-state index in [1.807, 2.05) is 6.92 Å². The Balaban J connectivity index is 3.21. The van der Waals surface area contributed by atoms with Crippen LogP contribution in [0.4, 0.5) is 10.1 Å². The molecule has 0 aromatic heterocycles. The second kappa shape index (κ2) is 6.03. The molecular formula is C13H16FNO2. The van der Waals surface area contributed by atoms with Crippen LogP contribution in [0.15, 0.2) is 30.9 Å². The molecule has 0 aliphatic carbocycles. The minimum absolute atomic E-state index is 0.275. The van der Waals surface area contributed by atoms with Gasteiger partial charge in [0.25, 0.3) is 0 Å². The Kier molecular flexibility index (Phi) is 4.69. The van der Waals surface area contributed by atoms with Gasteiger partial charge in [0.05, 0.1) is 5.69 Å². The average Bonchev–Trinajstić information content (AvgIpc) is 2.28. The lowest BCUT2D eigenvalue weighted by atomic mass is 10.1. The minimum atomic E-state index is -1.25. The molecule has 0 amide bonds. The van der Waals surface area contributed by atoms with E-state index >= 15 is 0 Å². The molecule has 3 nitrogen and oxygen atoms in total. The summed E-state index contributed by atoms with van der Waals surface area (Å²) in [5.74, 6) is -1.96. The zero-order valence-electron chi connectivity index (χ0n) is 9.82. The number of benzene rings is 1. The van der Waals surface area contributed by atoms with Crippen LogP contribution in [-0.4, -0.2) is 24.2 Å². The standard InChI is InChI=1S/C13H16FNO2/c1-3-8-15(9-4-2)11-7-5-6-10(14)12(11)13(16)17/h3,5-7H,1,4,8-9H2,2H3,(H,16,17). The molecule has 0 aliphatic rings. The molecule has 92 valence electrons. The van der Waals surface area contributed by atoms with E-state index in [-0.39, 0.29) is 5.56 Å². The average molecular weight is 237 g/mol. The number of anilines is 1. The van der Waals surface area contributed by atoms with Gasteiger partial charge in [-0.15, -0.1) is 6.58 Å². The van der Waals surface area contributed by atoms with E-state index in [1.165, 1.54) is 6.07 Å². The fourth-order valence-electron chi connectivity index (χ4n) is 1.72. The van der Waals surface area contributed by atoms with Crippen molar-refractivity contribution in [1.29, 1.82) is 0 Å². The van der Waals surface area contributed by atoms with Crippen LogP contribution in [0, 0.1) is 5.82 Å². The lowest BCUT2D eigenvalue weighted by Gasteiger charge is -2.24. The van der Waals surface area contributed by atoms with Gasteiger partial charge in [-0.1, -0.05) is 19.1 Å². The predicted octanol–water partition coefficient (Wildman–Crippen LogP) is 2.93. The molecule has 0 atom stereocenters. The highest BCUT2D eigenvalue weighted by Crippen LogP contribution is 2.23. The van der Waals surface area contributed by atoms with Crippen LogP contribution in [0.5, 0.6) is 0 Å². The monoisotopic (exact) mass is 237 g/mol. The lowest BCUT2D eigenvalue weighted by molar-refractivity contribution is 0.0692. The summed E-state index contributed by atoms with van der Waals surface area (Å²) < 4.78 is 13.5. The topological polar surface area (TPSA) is 40.5 Å². The Labute approximate surface area is 100 Å². The quantitative estimate of drug-likeness (QED) is 0.773. The summed E-state index contributed by atoms with van der Waals surface area (Å²) in [7, 11) is 0. The summed E-state index contributed by atoms with van der Waals surface area (Å²) in [6.45, 7) is 6.76. The van der Waals surface area contributed by atoms with Crippen molar-refractivity contribution in [3.63, 3.8) is 0 Å². The second-order valence-electron chi connectivity index (χ2n) is 3.67. The summed E-state index contributed by atoms with van der Waals surface area (Å²) in [6, 6.07) is 4.29. The summed E-state index contributed by atoms with van der Waals surface area (Å²) >= 11 is 0. The third kappa shape index (κ3) is 3.06. The van der Waals surface area contributed by atoms with Crippen molar-refractivity contribution < 1.29 is 14.3 Å². The van der Waals surface area contributed by atoms with E-state index in [0.29, 0.717) is 18.8 Å². The number of aromatic carboxylic acids is 1. The highest BCUT2D eigenvalue weighted by molar-refractivity contribution is 5.94. The van der Waals surface area contributed by atoms with Crippen molar-refractivity contribution in [2.24, 2.45) is 0 Å². The third-order valence-corrected chi connectivity index (χ3v) is 2.39. The van der Waals surface area contributed by atoms with Crippen molar-refractivity contribution >= 4 is 11.7 Å². The van der Waals surface area contributed by atoms with Crippen LogP contribution in [0.2, 0.25) is 0 Å². The molecule has 0 aliphatic heterocycles. The molecule has 0 heterocycles. The number of hydrogen-bond acceptors (Lipinski definition) is 2. The van der Waals surface area contributed by atoms with Crippen molar-refractivity contribution in [2.45, 2.75) is 13.3 Å². The molecule has 1 aromatic rings. The zero-order chi connectivity index (χ0) is 12.8. The van der Waals surface area contributed by atoms with Gasteiger partial charge in [-0.25, -0.2) is 9.18 Å². The molecular weight excluding hydrogens is 221 g/mol. The fourth-order valence-corrected chi connectivity index (χ4v) is 1.72. The Hall–Kier alpha value is -1.84. The first-order valence-corrected chi connectivity index (χ1v) is 5.49. The number of carboxylic acid groups (broad SMARTS) is 1. The van der Waals surface area contributed by atoms with E-state index < -0.39 is 11.8 Å². The number of halogens is 1. The molecule has 0 saturated carbocycles. The number of carboxylic acids is 1. The van der Waals surface area contributed by atoms with Gasteiger partial charge in [-0.05, 0) is 18.6 Å². The van der Waals surface area contributed by atoms with E-state index in [9.17, 15) is 9.18 Å². The Morgan fingerprint density at radius 3 is 2.82 bits per heavy atom. The smallest absolute Gasteiger partial charge is 0.340 e. The van der Waals surface area contributed by atoms with Crippen molar-refractivity contribution in [2.75, 3.05) is 18.0 Å². The number of rotatable bonds is 6. The van der Waals surface area contributed by atoms with Crippen molar-refractivity contribution in [3.8, 4) is 0 Å². The largest absolute Gasteiger partial charge is 0.478 e. The van der Waals surface area contributed by atoms with Crippen LogP contribution in [0.1, 0.15) is 23.7 Å². The van der Waals surface area contributed by atoms with Gasteiger partial charge in [-0.3, -0.25) is 0 Å². The van der Waals surface area contributed by atoms with Crippen LogP contribution in [0.25, 0.3) is 0 Å². The van der Waals surface area contributed by atoms with Gasteiger partial charge >= 0.3 is 5.97 Å². The van der Waals surface area contributed by atoms with E-state index in [4.69, 9.17) is 5.11 Å². The Bertz CT molecular complexity index is 418. The molecule has 4 heteroatoms. The van der Waals surface area contributed by atoms with Gasteiger partial charge in [-0.2, -0.15) is 0 Å². The lowest BCUT2D eigenvalue weighted by Crippen LogP contribution is -2.26. The highest BCUT2D eigenvalue weighted by Gasteiger charge is 2.18. The summed E-state index contributed by atoms with van der Waals surface area (Å²) in [4.78, 5) is 12.9. The van der Waals surface area contributed by atoms with E-state index in [1.54, 1.807) is 17.0 Å². The van der Waals surface area contributed by atoms with Crippen LogP contribution in [-0.2, 0) is 0 Å². The molecule has 1 aromatic carbocycles. The third-order valence-electron chi connectivity index (χ3n) is 2.39. The zero-order valence-corrected chi connectivity index (χ0v) is 9.82. The number of nitrogens with zero attached hydrogens (tertiary/aromatic N) is 1. The van der Waals surface area contributed by atoms with Crippen LogP contribution < -0.4 is 4.90 Å². The molecule has 0 unspecified atom stereocenters. The molecule has 17 heavy (non-hydrogen) atoms. The SMILES string of the molecule is C=CCN(CCC)c1cccc(F)c1C(=O)O. The molecule has 1 N–H and O–H groups in total.